The molecule has 156 valence electrons. The molecule has 1 amide bonds. The van der Waals surface area contributed by atoms with Gasteiger partial charge in [0.2, 0.25) is 0 Å². The van der Waals surface area contributed by atoms with Gasteiger partial charge in [-0.15, -0.1) is 0 Å². The van der Waals surface area contributed by atoms with E-state index in [1.165, 1.54) is 0 Å². The number of para-hydroxylation sites is 1. The lowest BCUT2D eigenvalue weighted by molar-refractivity contribution is 0.0166. The molecule has 2 atom stereocenters. The van der Waals surface area contributed by atoms with Crippen LogP contribution in [0.25, 0.3) is 0 Å². The monoisotopic (exact) mass is 407 g/mol. The van der Waals surface area contributed by atoms with Crippen molar-refractivity contribution in [2.24, 2.45) is 0 Å². The maximum atomic E-state index is 11.9. The van der Waals surface area contributed by atoms with Gasteiger partial charge in [-0.25, -0.2) is 4.79 Å². The third-order valence-corrected chi connectivity index (χ3v) is 4.51. The summed E-state index contributed by atoms with van der Waals surface area (Å²) in [5.74, 6) is 0.472. The van der Waals surface area contributed by atoms with Gasteiger partial charge in [-0.3, -0.25) is 0 Å². The number of alkyl carbamates (subject to hydrolysis) is 1. The Hall–Kier alpha value is -3.35. The van der Waals surface area contributed by atoms with Crippen molar-refractivity contribution in [1.82, 2.24) is 5.32 Å². The van der Waals surface area contributed by atoms with Gasteiger partial charge < -0.3 is 25.0 Å². The zero-order valence-corrected chi connectivity index (χ0v) is 16.5. The summed E-state index contributed by atoms with van der Waals surface area (Å²) in [7, 11) is 0. The van der Waals surface area contributed by atoms with Crippen LogP contribution in [-0.4, -0.2) is 29.0 Å². The van der Waals surface area contributed by atoms with Crippen LogP contribution in [0, 0.1) is 0 Å². The number of aliphatic hydroxyl groups is 2. The number of rotatable bonds is 9. The highest BCUT2D eigenvalue weighted by atomic mass is 16.5. The standard InChI is InChI=1S/C24H25NO5/c26-21(15-25-24(28)30-17-19-11-5-2-6-12-19)23(27)20-13-7-8-14-22(20)29-16-18-9-3-1-4-10-18/h1-14,21,23,26-27H,15-17H2,(H,25,28). The molecule has 0 bridgehead atoms. The molecule has 30 heavy (non-hydrogen) atoms. The Balaban J connectivity index is 1.51. The van der Waals surface area contributed by atoms with E-state index in [-0.39, 0.29) is 13.2 Å². The smallest absolute Gasteiger partial charge is 0.407 e. The van der Waals surface area contributed by atoms with Gasteiger partial charge in [0, 0.05) is 12.1 Å². The molecule has 0 aliphatic carbocycles. The number of ether oxygens (including phenoxy) is 2. The van der Waals surface area contributed by atoms with Crippen molar-refractivity contribution in [2.45, 2.75) is 25.4 Å². The Bertz CT molecular complexity index is 917. The van der Waals surface area contributed by atoms with E-state index in [0.717, 1.165) is 11.1 Å². The molecule has 3 aromatic carbocycles. The fraction of sp³-hybridized carbons (Fsp3) is 0.208. The molecule has 6 heteroatoms. The Morgan fingerprint density at radius 2 is 1.37 bits per heavy atom. The molecule has 0 saturated carbocycles. The van der Waals surface area contributed by atoms with E-state index in [9.17, 15) is 15.0 Å². The molecule has 0 saturated heterocycles. The molecule has 6 nitrogen and oxygen atoms in total. The third-order valence-electron chi connectivity index (χ3n) is 4.51. The second-order valence-electron chi connectivity index (χ2n) is 6.77. The van der Waals surface area contributed by atoms with E-state index in [1.54, 1.807) is 24.3 Å². The molecular formula is C24H25NO5. The summed E-state index contributed by atoms with van der Waals surface area (Å²) < 4.78 is 10.9. The molecular weight excluding hydrogens is 382 g/mol. The van der Waals surface area contributed by atoms with Gasteiger partial charge in [-0.2, -0.15) is 0 Å². The minimum absolute atomic E-state index is 0.126. The van der Waals surface area contributed by atoms with E-state index >= 15 is 0 Å². The number of carbonyl (C=O) groups excluding carboxylic acids is 1. The summed E-state index contributed by atoms with van der Waals surface area (Å²) in [6, 6.07) is 25.9. The summed E-state index contributed by atoms with van der Waals surface area (Å²) in [4.78, 5) is 11.9. The highest BCUT2D eigenvalue weighted by Crippen LogP contribution is 2.28. The Morgan fingerprint density at radius 3 is 2.03 bits per heavy atom. The Morgan fingerprint density at radius 1 is 0.800 bits per heavy atom. The van der Waals surface area contributed by atoms with Crippen molar-refractivity contribution < 1.29 is 24.5 Å². The quantitative estimate of drug-likeness (QED) is 0.505. The second-order valence-corrected chi connectivity index (χ2v) is 6.77. The Labute approximate surface area is 175 Å². The van der Waals surface area contributed by atoms with Crippen molar-refractivity contribution in [1.29, 1.82) is 0 Å². The maximum Gasteiger partial charge on any atom is 0.407 e. The highest BCUT2D eigenvalue weighted by Gasteiger charge is 2.22. The van der Waals surface area contributed by atoms with E-state index in [0.29, 0.717) is 17.9 Å². The Kier molecular flexibility index (Phi) is 7.83. The molecule has 0 heterocycles. The molecule has 0 aliphatic rings. The summed E-state index contributed by atoms with van der Waals surface area (Å²) in [5.41, 5.74) is 2.29. The van der Waals surface area contributed by atoms with Gasteiger partial charge >= 0.3 is 6.09 Å². The van der Waals surface area contributed by atoms with Crippen LogP contribution in [0.15, 0.2) is 84.9 Å². The lowest BCUT2D eigenvalue weighted by Gasteiger charge is -2.21. The summed E-state index contributed by atoms with van der Waals surface area (Å²) in [6.07, 6.45) is -3.12. The first-order valence-corrected chi connectivity index (χ1v) is 9.70. The van der Waals surface area contributed by atoms with Crippen LogP contribution in [-0.2, 0) is 18.0 Å². The first-order chi connectivity index (χ1) is 14.6. The second kappa shape index (κ2) is 11.0. The molecule has 0 aromatic heterocycles. The largest absolute Gasteiger partial charge is 0.489 e. The van der Waals surface area contributed by atoms with E-state index < -0.39 is 18.3 Å². The van der Waals surface area contributed by atoms with Gasteiger partial charge in [-0.05, 0) is 17.2 Å². The van der Waals surface area contributed by atoms with Crippen LogP contribution in [0.4, 0.5) is 4.79 Å². The van der Waals surface area contributed by atoms with Crippen LogP contribution >= 0.6 is 0 Å². The van der Waals surface area contributed by atoms with Gasteiger partial charge in [0.25, 0.3) is 0 Å². The summed E-state index contributed by atoms with van der Waals surface area (Å²) in [5, 5.41) is 23.4. The first-order valence-electron chi connectivity index (χ1n) is 9.70. The van der Waals surface area contributed by atoms with Crippen LogP contribution in [0.2, 0.25) is 0 Å². The van der Waals surface area contributed by atoms with E-state index in [4.69, 9.17) is 9.47 Å². The average Bonchev–Trinajstić information content (AvgIpc) is 2.81. The fourth-order valence-corrected chi connectivity index (χ4v) is 2.87. The maximum absolute atomic E-state index is 11.9. The lowest BCUT2D eigenvalue weighted by Crippen LogP contribution is -2.35. The molecule has 0 spiro atoms. The number of nitrogens with one attached hydrogen (secondary N) is 1. The number of hydrogen-bond acceptors (Lipinski definition) is 5. The lowest BCUT2D eigenvalue weighted by atomic mass is 10.0. The summed E-state index contributed by atoms with van der Waals surface area (Å²) >= 11 is 0. The van der Waals surface area contributed by atoms with Gasteiger partial charge in [0.15, 0.2) is 0 Å². The number of hydrogen-bond donors (Lipinski definition) is 3. The number of benzene rings is 3. The molecule has 2 unspecified atom stereocenters. The van der Waals surface area contributed by atoms with Crippen molar-refractivity contribution in [3.8, 4) is 5.75 Å². The SMILES string of the molecule is O=C(NCC(O)C(O)c1ccccc1OCc1ccccc1)OCc1ccccc1. The molecule has 3 aromatic rings. The van der Waals surface area contributed by atoms with E-state index in [1.807, 2.05) is 60.7 Å². The van der Waals surface area contributed by atoms with Crippen LogP contribution in [0.5, 0.6) is 5.75 Å². The molecule has 0 fully saturated rings. The van der Waals surface area contributed by atoms with Crippen LogP contribution in [0.1, 0.15) is 22.8 Å². The minimum atomic E-state index is -1.23. The third kappa shape index (κ3) is 6.34. The summed E-state index contributed by atoms with van der Waals surface area (Å²) in [6.45, 7) is 0.300. The van der Waals surface area contributed by atoms with Crippen molar-refractivity contribution in [3.05, 3.63) is 102 Å². The number of amides is 1. The predicted octanol–water partition coefficient (Wildman–Crippen LogP) is 3.59. The predicted molar refractivity (Wildman–Crippen MR) is 113 cm³/mol. The number of carbonyl (C=O) groups is 1. The molecule has 0 aliphatic heterocycles. The topological polar surface area (TPSA) is 88.0 Å². The van der Waals surface area contributed by atoms with Crippen molar-refractivity contribution >= 4 is 6.09 Å². The first kappa shape index (κ1) is 21.4. The van der Waals surface area contributed by atoms with Gasteiger partial charge in [0.05, 0.1) is 0 Å². The molecule has 3 rings (SSSR count). The highest BCUT2D eigenvalue weighted by molar-refractivity contribution is 5.67. The van der Waals surface area contributed by atoms with Crippen LogP contribution in [0.3, 0.4) is 0 Å². The van der Waals surface area contributed by atoms with Gasteiger partial charge in [0.1, 0.15) is 31.2 Å². The van der Waals surface area contributed by atoms with Crippen molar-refractivity contribution in [2.75, 3.05) is 6.54 Å². The zero-order valence-electron chi connectivity index (χ0n) is 16.5. The van der Waals surface area contributed by atoms with Gasteiger partial charge in [-0.1, -0.05) is 78.9 Å². The van der Waals surface area contributed by atoms with Crippen molar-refractivity contribution in [3.63, 3.8) is 0 Å². The number of aliphatic hydroxyl groups excluding tert-OH is 2. The minimum Gasteiger partial charge on any atom is -0.489 e. The zero-order chi connectivity index (χ0) is 21.2. The average molecular weight is 407 g/mol. The molecule has 3 N–H and O–H groups in total. The van der Waals surface area contributed by atoms with E-state index in [2.05, 4.69) is 5.32 Å². The van der Waals surface area contributed by atoms with Crippen LogP contribution < -0.4 is 10.1 Å². The molecule has 0 radical (unpaired) electrons. The normalized spacial score (nSPS) is 12.6. The fourth-order valence-electron chi connectivity index (χ4n) is 2.87.